The van der Waals surface area contributed by atoms with Crippen LogP contribution in [0.15, 0.2) is 53.6 Å². The fourth-order valence-electron chi connectivity index (χ4n) is 3.59. The van der Waals surface area contributed by atoms with Crippen LogP contribution in [0.25, 0.3) is 0 Å². The monoisotopic (exact) mass is 552 g/mol. The lowest BCUT2D eigenvalue weighted by atomic mass is 10.1. The molecule has 1 heterocycles. The number of nitrogens with one attached hydrogen (secondary N) is 1. The van der Waals surface area contributed by atoms with E-state index in [9.17, 15) is 4.79 Å². The number of hydrogen-bond acceptors (Lipinski definition) is 4. The fraction of sp³-hybridized carbons (Fsp3) is 0.423. The average molecular weight is 554 g/mol. The maximum Gasteiger partial charge on any atom is 0.255 e. The van der Waals surface area contributed by atoms with Crippen molar-refractivity contribution in [2.75, 3.05) is 17.8 Å². The van der Waals surface area contributed by atoms with Crippen molar-refractivity contribution in [3.8, 4) is 5.75 Å². The Balaban J connectivity index is 0.00000385. The zero-order valence-electron chi connectivity index (χ0n) is 19.4. The molecule has 7 heteroatoms. The molecule has 1 aliphatic heterocycles. The molecule has 0 saturated heterocycles. The van der Waals surface area contributed by atoms with Crippen molar-refractivity contribution in [2.24, 2.45) is 0 Å². The fourth-order valence-corrected chi connectivity index (χ4v) is 4.76. The molecule has 33 heavy (non-hydrogen) atoms. The van der Waals surface area contributed by atoms with Crippen LogP contribution in [0, 0.1) is 0 Å². The number of amides is 1. The molecule has 0 fully saturated rings. The number of allylic oxidation sites excluding steroid dienone is 1. The van der Waals surface area contributed by atoms with Crippen LogP contribution in [0.3, 0.4) is 0 Å². The minimum Gasteiger partial charge on any atom is -0.492 e. The van der Waals surface area contributed by atoms with Crippen molar-refractivity contribution in [3.05, 3.63) is 69.7 Å². The van der Waals surface area contributed by atoms with E-state index in [4.69, 9.17) is 16.3 Å². The minimum absolute atomic E-state index is 0. The van der Waals surface area contributed by atoms with Gasteiger partial charge in [-0.05, 0) is 54.6 Å². The van der Waals surface area contributed by atoms with Gasteiger partial charge in [0.15, 0.2) is 0 Å². The molecule has 0 aliphatic carbocycles. The molecule has 0 atom stereocenters. The maximum absolute atomic E-state index is 12.8. The lowest BCUT2D eigenvalue weighted by Gasteiger charge is -2.19. The zero-order chi connectivity index (χ0) is 22.8. The number of nitrogens with zero attached hydrogens (tertiary/aromatic N) is 1. The van der Waals surface area contributed by atoms with E-state index in [0.29, 0.717) is 28.6 Å². The summed E-state index contributed by atoms with van der Waals surface area (Å²) >= 11 is 8.18. The predicted molar refractivity (Wildman–Crippen MR) is 147 cm³/mol. The third-order valence-corrected chi connectivity index (χ3v) is 6.75. The minimum atomic E-state index is -0.147. The van der Waals surface area contributed by atoms with Gasteiger partial charge in [0.1, 0.15) is 5.75 Å². The Labute approximate surface area is 217 Å². The molecule has 2 aromatic carbocycles. The van der Waals surface area contributed by atoms with Crippen molar-refractivity contribution in [1.29, 1.82) is 0 Å². The van der Waals surface area contributed by atoms with Crippen LogP contribution in [0.5, 0.6) is 5.75 Å². The van der Waals surface area contributed by atoms with Gasteiger partial charge in [-0.3, -0.25) is 4.79 Å². The van der Waals surface area contributed by atoms with Gasteiger partial charge >= 0.3 is 0 Å². The highest BCUT2D eigenvalue weighted by Crippen LogP contribution is 2.28. The highest BCUT2D eigenvalue weighted by atomic mass is 79.9. The van der Waals surface area contributed by atoms with E-state index in [0.717, 1.165) is 24.4 Å². The Bertz CT molecular complexity index is 938. The smallest absolute Gasteiger partial charge is 0.255 e. The molecule has 0 bridgehead atoms. The Morgan fingerprint density at radius 3 is 2.64 bits per heavy atom. The van der Waals surface area contributed by atoms with E-state index in [2.05, 4.69) is 35.5 Å². The van der Waals surface area contributed by atoms with E-state index in [1.165, 1.54) is 37.8 Å². The Morgan fingerprint density at radius 1 is 1.12 bits per heavy atom. The van der Waals surface area contributed by atoms with Crippen LogP contribution in [0.4, 0.5) is 5.69 Å². The Morgan fingerprint density at radius 2 is 1.91 bits per heavy atom. The van der Waals surface area contributed by atoms with Gasteiger partial charge in [-0.2, -0.15) is 0 Å². The second kappa shape index (κ2) is 14.6. The van der Waals surface area contributed by atoms with Crippen LogP contribution in [-0.4, -0.2) is 23.3 Å². The van der Waals surface area contributed by atoms with Gasteiger partial charge in [-0.25, -0.2) is 0 Å². The molecule has 0 radical (unpaired) electrons. The van der Waals surface area contributed by atoms with Crippen LogP contribution in [0.2, 0.25) is 5.02 Å². The van der Waals surface area contributed by atoms with Crippen molar-refractivity contribution < 1.29 is 9.53 Å². The van der Waals surface area contributed by atoms with Crippen LogP contribution in [-0.2, 0) is 6.54 Å². The van der Waals surface area contributed by atoms with Gasteiger partial charge in [0.25, 0.3) is 5.91 Å². The molecule has 0 aromatic heterocycles. The van der Waals surface area contributed by atoms with Crippen molar-refractivity contribution in [3.63, 3.8) is 0 Å². The highest BCUT2D eigenvalue weighted by Gasteiger charge is 2.14. The second-order valence-electron chi connectivity index (χ2n) is 8.17. The Hall–Kier alpha value is -1.63. The summed E-state index contributed by atoms with van der Waals surface area (Å²) in [5.74, 6) is 1.47. The quantitative estimate of drug-likeness (QED) is 0.269. The van der Waals surface area contributed by atoms with Gasteiger partial charge in [-0.1, -0.05) is 62.8 Å². The first-order valence-electron chi connectivity index (χ1n) is 11.4. The molecular formula is C26H34BrClN2O2S. The molecule has 1 amide bonds. The maximum atomic E-state index is 12.8. The van der Waals surface area contributed by atoms with Crippen LogP contribution in [0.1, 0.15) is 68.3 Å². The van der Waals surface area contributed by atoms with E-state index >= 15 is 0 Å². The highest BCUT2D eigenvalue weighted by molar-refractivity contribution is 8.93. The van der Waals surface area contributed by atoms with E-state index in [1.807, 2.05) is 30.3 Å². The molecule has 0 unspecified atom stereocenters. The summed E-state index contributed by atoms with van der Waals surface area (Å²) in [5.41, 5.74) is 3.67. The number of carbonyl (C=O) groups excluding carboxylic acids is 1. The largest absolute Gasteiger partial charge is 0.492 e. The third kappa shape index (κ3) is 8.91. The summed E-state index contributed by atoms with van der Waals surface area (Å²) in [6, 6.07) is 13.2. The van der Waals surface area contributed by atoms with Gasteiger partial charge in [-0.15, -0.1) is 28.7 Å². The van der Waals surface area contributed by atoms with Gasteiger partial charge in [0.2, 0.25) is 0 Å². The Kier molecular flexibility index (Phi) is 12.2. The van der Waals surface area contributed by atoms with E-state index in [-0.39, 0.29) is 22.9 Å². The summed E-state index contributed by atoms with van der Waals surface area (Å²) in [6.45, 7) is 5.80. The lowest BCUT2D eigenvalue weighted by molar-refractivity contribution is 0.102. The van der Waals surface area contributed by atoms with E-state index < -0.39 is 0 Å². The molecule has 3 rings (SSSR count). The molecule has 4 nitrogen and oxygen atoms in total. The second-order valence-corrected chi connectivity index (χ2v) is 9.40. The van der Waals surface area contributed by atoms with Crippen molar-refractivity contribution in [2.45, 2.75) is 58.9 Å². The molecule has 0 spiro atoms. The van der Waals surface area contributed by atoms with Crippen LogP contribution >= 0.6 is 40.3 Å². The van der Waals surface area contributed by atoms with E-state index in [1.54, 1.807) is 17.8 Å². The average Bonchev–Trinajstić information content (AvgIpc) is 3.19. The summed E-state index contributed by atoms with van der Waals surface area (Å²) in [6.07, 6.45) is 7.32. The molecule has 180 valence electrons. The molecule has 0 saturated carbocycles. The number of halogens is 2. The number of unbranched alkanes of at least 4 members (excludes halogenated alkanes) is 5. The van der Waals surface area contributed by atoms with Gasteiger partial charge in [0.05, 0.1) is 17.5 Å². The lowest BCUT2D eigenvalue weighted by Crippen LogP contribution is -2.17. The number of ether oxygens (including phenoxy) is 1. The molecule has 1 aliphatic rings. The summed E-state index contributed by atoms with van der Waals surface area (Å²) in [7, 11) is 0. The number of thioether (sulfide) groups is 1. The first-order chi connectivity index (χ1) is 15.6. The number of rotatable bonds is 12. The summed E-state index contributed by atoms with van der Waals surface area (Å²) in [4.78, 5) is 15.1. The molecule has 1 N–H and O–H groups in total. The third-order valence-electron chi connectivity index (χ3n) is 5.49. The number of carbonyl (C=O) groups is 1. The topological polar surface area (TPSA) is 41.6 Å². The first-order valence-corrected chi connectivity index (χ1v) is 12.9. The van der Waals surface area contributed by atoms with Gasteiger partial charge < -0.3 is 15.0 Å². The SMILES string of the molecule is Br.CCCCCCCCOc1ccc(NC(=O)c2cccc(CN3CSC=C3C)c2)cc1Cl. The predicted octanol–water partition coefficient (Wildman–Crippen LogP) is 8.28. The number of anilines is 1. The molecular weight excluding hydrogens is 520 g/mol. The summed E-state index contributed by atoms with van der Waals surface area (Å²) < 4.78 is 5.82. The van der Waals surface area contributed by atoms with Crippen LogP contribution < -0.4 is 10.1 Å². The molecule has 2 aromatic rings. The zero-order valence-corrected chi connectivity index (χ0v) is 22.7. The number of hydrogen-bond donors (Lipinski definition) is 1. The summed E-state index contributed by atoms with van der Waals surface area (Å²) in [5, 5.41) is 5.62. The van der Waals surface area contributed by atoms with Gasteiger partial charge in [0, 0.05) is 23.5 Å². The first kappa shape index (κ1) is 27.6. The number of benzene rings is 2. The normalized spacial score (nSPS) is 12.8. The van der Waals surface area contributed by atoms with Crippen molar-refractivity contribution in [1.82, 2.24) is 4.90 Å². The van der Waals surface area contributed by atoms with Crippen molar-refractivity contribution >= 4 is 51.9 Å². The standard InChI is InChI=1S/C26H33ClN2O2S.BrH/c1-3-4-5-6-7-8-14-31-25-13-12-23(16-24(25)27)28-26(30)22-11-9-10-21(15-22)17-29-19-32-18-20(29)2;/h9-13,15-16,18H,3-8,14,17,19H2,1-2H3,(H,28,30);1H.